The summed E-state index contributed by atoms with van der Waals surface area (Å²) in [6.45, 7) is 0. The Morgan fingerprint density at radius 3 is 2.20 bits per heavy atom. The fourth-order valence-corrected chi connectivity index (χ4v) is 3.85. The number of alkyl halides is 3. The highest BCUT2D eigenvalue weighted by Gasteiger charge is 2.38. The Kier molecular flexibility index (Phi) is 3.89. The van der Waals surface area contributed by atoms with Crippen molar-refractivity contribution in [3.05, 3.63) is 95.6 Å². The molecule has 0 amide bonds. The van der Waals surface area contributed by atoms with Crippen molar-refractivity contribution in [3.8, 4) is 0 Å². The lowest BCUT2D eigenvalue weighted by Gasteiger charge is -2.13. The Morgan fingerprint density at radius 1 is 0.833 bits per heavy atom. The highest BCUT2D eigenvalue weighted by molar-refractivity contribution is 6.25. The van der Waals surface area contributed by atoms with E-state index in [0.29, 0.717) is 10.8 Å². The summed E-state index contributed by atoms with van der Waals surface area (Å²) < 4.78 is 57.2. The second kappa shape index (κ2) is 6.38. The van der Waals surface area contributed by atoms with Crippen LogP contribution in [0.3, 0.4) is 0 Å². The van der Waals surface area contributed by atoms with Gasteiger partial charge in [-0.15, -0.1) is 0 Å². The summed E-state index contributed by atoms with van der Waals surface area (Å²) in [6.07, 6.45) is -4.76. The molecule has 0 saturated heterocycles. The van der Waals surface area contributed by atoms with Crippen LogP contribution in [0.15, 0.2) is 72.8 Å². The second-order valence-electron chi connectivity index (χ2n) is 6.84. The number of carbonyl (C=O) groups is 1. The Bertz CT molecular complexity index is 1470. The second-order valence-corrected chi connectivity index (χ2v) is 6.84. The van der Waals surface area contributed by atoms with Crippen LogP contribution in [0.4, 0.5) is 17.6 Å². The molecule has 30 heavy (non-hydrogen) atoms. The summed E-state index contributed by atoms with van der Waals surface area (Å²) in [7, 11) is 0. The molecule has 0 N–H and O–H groups in total. The van der Waals surface area contributed by atoms with Crippen molar-refractivity contribution in [3.63, 3.8) is 0 Å². The highest BCUT2D eigenvalue weighted by Crippen LogP contribution is 2.38. The molecular weight excluding hydrogens is 396 g/mol. The lowest BCUT2D eigenvalue weighted by molar-refractivity contribution is -0.145. The summed E-state index contributed by atoms with van der Waals surface area (Å²) in [5, 5.41) is 0.677. The van der Waals surface area contributed by atoms with Crippen LogP contribution in [0.25, 0.3) is 27.3 Å². The first-order valence-corrected chi connectivity index (χ1v) is 9.06. The van der Waals surface area contributed by atoms with E-state index in [1.807, 2.05) is 0 Å². The fraction of sp³-hybridized carbons (Fsp3) is 0.0435. The molecule has 0 spiro atoms. The molecule has 7 heteroatoms. The summed E-state index contributed by atoms with van der Waals surface area (Å²) in [6, 6.07) is 18.0. The van der Waals surface area contributed by atoms with E-state index in [0.717, 1.165) is 10.5 Å². The van der Waals surface area contributed by atoms with Crippen molar-refractivity contribution < 1.29 is 22.4 Å². The molecule has 0 bridgehead atoms. The van der Waals surface area contributed by atoms with E-state index in [9.17, 15) is 22.4 Å². The van der Waals surface area contributed by atoms with Gasteiger partial charge in [0.15, 0.2) is 5.78 Å². The van der Waals surface area contributed by atoms with E-state index >= 15 is 0 Å². The Hall–Kier alpha value is -3.74. The Labute approximate surface area is 167 Å². The molecule has 0 aliphatic heterocycles. The van der Waals surface area contributed by atoms with Gasteiger partial charge in [0.2, 0.25) is 5.82 Å². The number of fused-ring (bicyclic) bond motifs is 5. The van der Waals surface area contributed by atoms with Gasteiger partial charge in [-0.05, 0) is 24.3 Å². The fourth-order valence-electron chi connectivity index (χ4n) is 3.85. The molecule has 0 aliphatic rings. The molecule has 3 nitrogen and oxygen atoms in total. The minimum absolute atomic E-state index is 0.0137. The maximum atomic E-state index is 14.4. The van der Waals surface area contributed by atoms with E-state index in [2.05, 4.69) is 4.98 Å². The number of para-hydroxylation sites is 2. The maximum absolute atomic E-state index is 14.4. The Balaban J connectivity index is 2.04. The molecule has 148 valence electrons. The molecule has 0 fully saturated rings. The summed E-state index contributed by atoms with van der Waals surface area (Å²) in [4.78, 5) is 17.2. The summed E-state index contributed by atoms with van der Waals surface area (Å²) in [5.41, 5.74) is 0.146. The molecule has 0 atom stereocenters. The molecule has 2 heterocycles. The number of benzene rings is 3. The largest absolute Gasteiger partial charge is 0.450 e. The van der Waals surface area contributed by atoms with E-state index in [1.54, 1.807) is 36.4 Å². The van der Waals surface area contributed by atoms with Gasteiger partial charge in [-0.2, -0.15) is 13.2 Å². The van der Waals surface area contributed by atoms with Crippen LogP contribution in [-0.4, -0.2) is 15.2 Å². The van der Waals surface area contributed by atoms with Crippen LogP contribution in [0.1, 0.15) is 21.7 Å². The van der Waals surface area contributed by atoms with Gasteiger partial charge in [0, 0.05) is 10.8 Å². The monoisotopic (exact) mass is 408 g/mol. The number of halogens is 4. The first-order chi connectivity index (χ1) is 14.4. The maximum Gasteiger partial charge on any atom is 0.450 e. The number of carbonyl (C=O) groups excluding carboxylic acids is 1. The smallest absolute Gasteiger partial charge is 0.289 e. The molecule has 0 radical (unpaired) electrons. The predicted molar refractivity (Wildman–Crippen MR) is 105 cm³/mol. The first-order valence-electron chi connectivity index (χ1n) is 9.06. The first kappa shape index (κ1) is 18.3. The SMILES string of the molecule is O=C(c1ccccc1F)c1c2ccccc2n2c(C(F)(F)F)nc3ccccc3c12. The average Bonchev–Trinajstić information content (AvgIpc) is 3.08. The van der Waals surface area contributed by atoms with Gasteiger partial charge in [-0.1, -0.05) is 48.5 Å². The van der Waals surface area contributed by atoms with Gasteiger partial charge in [0.1, 0.15) is 5.82 Å². The molecule has 0 unspecified atom stereocenters. The Morgan fingerprint density at radius 2 is 1.47 bits per heavy atom. The molecule has 0 aliphatic carbocycles. The molecule has 5 aromatic rings. The zero-order valence-electron chi connectivity index (χ0n) is 15.2. The lowest BCUT2D eigenvalue weighted by atomic mass is 9.99. The van der Waals surface area contributed by atoms with E-state index in [-0.39, 0.29) is 27.7 Å². The van der Waals surface area contributed by atoms with E-state index < -0.39 is 23.6 Å². The third-order valence-corrected chi connectivity index (χ3v) is 5.07. The minimum atomic E-state index is -4.76. The third-order valence-electron chi connectivity index (χ3n) is 5.07. The van der Waals surface area contributed by atoms with Crippen LogP contribution in [0, 0.1) is 5.82 Å². The van der Waals surface area contributed by atoms with Gasteiger partial charge in [0.25, 0.3) is 0 Å². The van der Waals surface area contributed by atoms with Crippen molar-refractivity contribution in [2.75, 3.05) is 0 Å². The van der Waals surface area contributed by atoms with Gasteiger partial charge in [-0.25, -0.2) is 9.37 Å². The van der Waals surface area contributed by atoms with Crippen LogP contribution < -0.4 is 0 Å². The van der Waals surface area contributed by atoms with Gasteiger partial charge in [0.05, 0.1) is 27.7 Å². The summed E-state index contributed by atoms with van der Waals surface area (Å²) in [5.74, 6) is -2.56. The topological polar surface area (TPSA) is 34.4 Å². The standard InChI is InChI=1S/C23H12F4N2O/c24-16-10-4-1-7-13(16)21(30)19-15-9-3-6-12-18(15)29-20(19)14-8-2-5-11-17(14)28-22(29)23(25,26)27/h1-12H. The molecule has 2 aromatic heterocycles. The predicted octanol–water partition coefficient (Wildman–Crippen LogP) is 6.03. The number of nitrogens with zero attached hydrogens (tertiary/aromatic N) is 2. The quantitative estimate of drug-likeness (QED) is 0.264. The van der Waals surface area contributed by atoms with E-state index in [4.69, 9.17) is 0 Å². The number of ketones is 1. The minimum Gasteiger partial charge on any atom is -0.289 e. The van der Waals surface area contributed by atoms with Gasteiger partial charge >= 0.3 is 6.18 Å². The lowest BCUT2D eigenvalue weighted by Crippen LogP contribution is -2.15. The van der Waals surface area contributed by atoms with Gasteiger partial charge in [-0.3, -0.25) is 9.20 Å². The normalized spacial score (nSPS) is 12.1. The molecule has 3 aromatic carbocycles. The highest BCUT2D eigenvalue weighted by atomic mass is 19.4. The summed E-state index contributed by atoms with van der Waals surface area (Å²) >= 11 is 0. The van der Waals surface area contributed by atoms with Crippen LogP contribution in [0.2, 0.25) is 0 Å². The van der Waals surface area contributed by atoms with Crippen molar-refractivity contribution in [2.45, 2.75) is 6.18 Å². The van der Waals surface area contributed by atoms with Crippen molar-refractivity contribution in [2.24, 2.45) is 0 Å². The van der Waals surface area contributed by atoms with Crippen molar-refractivity contribution in [1.29, 1.82) is 0 Å². The van der Waals surface area contributed by atoms with Gasteiger partial charge < -0.3 is 0 Å². The average molecular weight is 408 g/mol. The van der Waals surface area contributed by atoms with Crippen LogP contribution in [0.5, 0.6) is 0 Å². The number of hydrogen-bond donors (Lipinski definition) is 0. The van der Waals surface area contributed by atoms with Crippen molar-refractivity contribution >= 4 is 33.1 Å². The third kappa shape index (κ3) is 2.58. The molecule has 5 rings (SSSR count). The zero-order valence-corrected chi connectivity index (χ0v) is 15.2. The number of hydrogen-bond acceptors (Lipinski definition) is 2. The van der Waals surface area contributed by atoms with E-state index in [1.165, 1.54) is 30.3 Å². The van der Waals surface area contributed by atoms with Crippen LogP contribution in [-0.2, 0) is 6.18 Å². The molecular formula is C23H12F4N2O. The molecule has 0 saturated carbocycles. The van der Waals surface area contributed by atoms with Crippen LogP contribution >= 0.6 is 0 Å². The van der Waals surface area contributed by atoms with Crippen molar-refractivity contribution in [1.82, 2.24) is 9.38 Å². The zero-order chi connectivity index (χ0) is 21.0. The number of rotatable bonds is 2. The number of aromatic nitrogens is 2.